The fourth-order valence-corrected chi connectivity index (χ4v) is 15.1. The van der Waals surface area contributed by atoms with Crippen LogP contribution in [-0.4, -0.2) is 34.5 Å². The van der Waals surface area contributed by atoms with Crippen molar-refractivity contribution in [3.05, 3.63) is 121 Å². The van der Waals surface area contributed by atoms with E-state index in [1.54, 1.807) is 0 Å². The van der Waals surface area contributed by atoms with Gasteiger partial charge in [-0.05, 0) is 49.1 Å². The minimum atomic E-state index is -3.10. The van der Waals surface area contributed by atoms with Crippen LogP contribution in [-0.2, 0) is 30.6 Å². The van der Waals surface area contributed by atoms with Crippen LogP contribution in [0.1, 0.15) is 13.8 Å². The first-order valence-electron chi connectivity index (χ1n) is 12.5. The molecule has 10 heteroatoms. The molecule has 4 aromatic carbocycles. The van der Waals surface area contributed by atoms with Gasteiger partial charge in [0.15, 0.2) is 0 Å². The quantitative estimate of drug-likeness (QED) is 0.109. The van der Waals surface area contributed by atoms with Crippen molar-refractivity contribution < 1.29 is 67.9 Å². The Bertz CT molecular complexity index is 1080. The van der Waals surface area contributed by atoms with Crippen molar-refractivity contribution in [3.8, 4) is 0 Å². The Morgan fingerprint density at radius 1 is 0.500 bits per heavy atom. The molecule has 0 heterocycles. The van der Waals surface area contributed by atoms with E-state index in [0.717, 1.165) is 6.16 Å². The van der Waals surface area contributed by atoms with Crippen molar-refractivity contribution in [1.29, 1.82) is 0 Å². The number of benzene rings is 4. The molecule has 0 spiro atoms. The molecule has 40 heavy (non-hydrogen) atoms. The zero-order valence-electron chi connectivity index (χ0n) is 22.5. The molecule has 0 N–H and O–H groups in total. The number of rotatable bonds is 13. The molecule has 0 saturated heterocycles. The molecule has 0 amide bonds. The minimum Gasteiger partial charge on any atom is -1.00 e. The van der Waals surface area contributed by atoms with Crippen molar-refractivity contribution in [3.63, 3.8) is 0 Å². The first kappa shape index (κ1) is 39.2. The maximum atomic E-state index is 6.89. The van der Waals surface area contributed by atoms with Crippen LogP contribution in [0.4, 0.5) is 0 Å². The van der Waals surface area contributed by atoms with Gasteiger partial charge in [-0.25, -0.2) is 0 Å². The van der Waals surface area contributed by atoms with Crippen LogP contribution in [0.3, 0.4) is 0 Å². The predicted molar refractivity (Wildman–Crippen MR) is 158 cm³/mol. The van der Waals surface area contributed by atoms with E-state index in [9.17, 15) is 0 Å². The first-order chi connectivity index (χ1) is 17.8. The van der Waals surface area contributed by atoms with Crippen LogP contribution in [0.25, 0.3) is 0 Å². The van der Waals surface area contributed by atoms with Crippen molar-refractivity contribution in [1.82, 2.24) is 0 Å². The third kappa shape index (κ3) is 10.5. The summed E-state index contributed by atoms with van der Waals surface area (Å²) >= 11 is 0. The van der Waals surface area contributed by atoms with Crippen molar-refractivity contribution >= 4 is 45.1 Å². The molecule has 0 bridgehead atoms. The summed E-state index contributed by atoms with van der Waals surface area (Å²) in [6, 6.07) is 42.8. The largest absolute Gasteiger partial charge is 3.00 e. The molecule has 0 aromatic heterocycles. The fraction of sp³-hybridized carbons (Fsp3) is 0.200. The molecule has 0 unspecified atom stereocenters. The normalized spacial score (nSPS) is 10.6. The summed E-state index contributed by atoms with van der Waals surface area (Å²) in [5.74, 6) is 0. The molecule has 3 nitrogen and oxygen atoms in total. The van der Waals surface area contributed by atoms with Crippen molar-refractivity contribution in [2.45, 2.75) is 13.8 Å². The maximum Gasteiger partial charge on any atom is 3.00 e. The van der Waals surface area contributed by atoms with Gasteiger partial charge < -0.3 is 50.5 Å². The molecule has 4 aromatic rings. The SMILES string of the molecule is CCO[Si](OCC)(OCCP(c1ccccc1)c1ccccc1)P(c1ccccc1)c1ccccc1.[Cl-].[Cl-].[Cl-].[Cr+3]. The van der Waals surface area contributed by atoms with E-state index in [2.05, 4.69) is 121 Å². The van der Waals surface area contributed by atoms with Crippen LogP contribution in [0.2, 0.25) is 0 Å². The molecule has 0 aliphatic carbocycles. The Balaban J connectivity index is 0.00000380. The minimum absolute atomic E-state index is 0. The Labute approximate surface area is 272 Å². The second kappa shape index (κ2) is 21.0. The molecule has 0 aliphatic rings. The molecule has 0 fully saturated rings. The second-order valence-electron chi connectivity index (χ2n) is 8.07. The summed E-state index contributed by atoms with van der Waals surface area (Å²) in [6.45, 7) is 5.76. The second-order valence-corrected chi connectivity index (χ2v) is 17.0. The number of halogens is 3. The average molecular weight is 691 g/mol. The molecule has 1 radical (unpaired) electrons. The van der Waals surface area contributed by atoms with Gasteiger partial charge in [-0.3, -0.25) is 0 Å². The molecular weight excluding hydrogens is 657 g/mol. The van der Waals surface area contributed by atoms with Gasteiger partial charge in [0, 0.05) is 27.3 Å². The molecular formula is C30H34Cl3CrO3P2Si. The van der Waals surface area contributed by atoms with Gasteiger partial charge >= 0.3 is 25.8 Å². The molecule has 0 aliphatic heterocycles. The van der Waals surface area contributed by atoms with Gasteiger partial charge in [0.2, 0.25) is 0 Å². The Kier molecular flexibility index (Phi) is 20.6. The number of hydrogen-bond acceptors (Lipinski definition) is 3. The topological polar surface area (TPSA) is 27.7 Å². The van der Waals surface area contributed by atoms with Gasteiger partial charge in [-0.1, -0.05) is 121 Å². The maximum absolute atomic E-state index is 6.89. The molecule has 0 atom stereocenters. The third-order valence-corrected chi connectivity index (χ3v) is 16.6. The van der Waals surface area contributed by atoms with Crippen molar-refractivity contribution in [2.75, 3.05) is 26.0 Å². The fourth-order valence-electron chi connectivity index (χ4n) is 4.19. The van der Waals surface area contributed by atoms with Gasteiger partial charge in [-0.15, -0.1) is 0 Å². The predicted octanol–water partition coefficient (Wildman–Crippen LogP) is -3.21. The standard InChI is InChI=1S/C30H34O3P2Si.3ClH.Cr/c1-3-31-36(32-4-2,35(29-21-13-7-14-22-29)30-23-15-8-16-24-30)33-25-26-34(27-17-9-5-10-18-27)28-19-11-6-12-20-28;;;;/h5-24H,3-4,25-26H2,1-2H3;3*1H;/q;;;;+3/p-3. The van der Waals surface area contributed by atoms with Gasteiger partial charge in [0.1, 0.15) is 0 Å². The Morgan fingerprint density at radius 2 is 0.825 bits per heavy atom. The van der Waals surface area contributed by atoms with Gasteiger partial charge in [0.05, 0.1) is 0 Å². The van der Waals surface area contributed by atoms with E-state index in [-0.39, 0.29) is 54.6 Å². The van der Waals surface area contributed by atoms with E-state index in [4.69, 9.17) is 13.3 Å². The molecule has 213 valence electrons. The Hall–Kier alpha value is -0.761. The molecule has 4 rings (SSSR count). The zero-order valence-corrected chi connectivity index (χ0v) is 28.9. The summed E-state index contributed by atoms with van der Waals surface area (Å²) in [7, 11) is -4.63. The molecule has 0 saturated carbocycles. The summed E-state index contributed by atoms with van der Waals surface area (Å²) < 4.78 is 20.0. The van der Waals surface area contributed by atoms with Gasteiger partial charge in [0.25, 0.3) is 0 Å². The van der Waals surface area contributed by atoms with Crippen LogP contribution in [0.15, 0.2) is 121 Å². The van der Waals surface area contributed by atoms with E-state index < -0.39 is 23.9 Å². The van der Waals surface area contributed by atoms with Crippen LogP contribution < -0.4 is 58.4 Å². The van der Waals surface area contributed by atoms with E-state index in [1.165, 1.54) is 21.2 Å². The monoisotopic (exact) mass is 689 g/mol. The summed E-state index contributed by atoms with van der Waals surface area (Å²) in [4.78, 5) is 0. The zero-order chi connectivity index (χ0) is 25.1. The van der Waals surface area contributed by atoms with E-state index >= 15 is 0 Å². The number of hydrogen-bond donors (Lipinski definition) is 0. The first-order valence-corrected chi connectivity index (χ1v) is 17.9. The van der Waals surface area contributed by atoms with E-state index in [0.29, 0.717) is 19.8 Å². The third-order valence-electron chi connectivity index (χ3n) is 5.69. The summed E-state index contributed by atoms with van der Waals surface area (Å²) in [5.41, 5.74) is 0. The summed E-state index contributed by atoms with van der Waals surface area (Å²) in [5, 5.41) is 5.16. The smallest absolute Gasteiger partial charge is 1.00 e. The van der Waals surface area contributed by atoms with Crippen molar-refractivity contribution in [2.24, 2.45) is 0 Å². The van der Waals surface area contributed by atoms with Crippen LogP contribution in [0.5, 0.6) is 0 Å². The van der Waals surface area contributed by atoms with Gasteiger partial charge in [-0.2, -0.15) is 0 Å². The average Bonchev–Trinajstić information content (AvgIpc) is 2.94. The van der Waals surface area contributed by atoms with Crippen LogP contribution in [0, 0.1) is 0 Å². The Morgan fingerprint density at radius 3 is 1.15 bits per heavy atom. The summed E-state index contributed by atoms with van der Waals surface area (Å²) in [6.07, 6.45) is 0.908. The van der Waals surface area contributed by atoms with Crippen LogP contribution >= 0.6 is 15.4 Å². The van der Waals surface area contributed by atoms with E-state index in [1.807, 2.05) is 13.8 Å².